The number of methoxy groups -OCH3 is 1. The van der Waals surface area contributed by atoms with Crippen molar-refractivity contribution in [3.63, 3.8) is 0 Å². The molecule has 0 aromatic heterocycles. The van der Waals surface area contributed by atoms with Crippen LogP contribution in [0.1, 0.15) is 31.9 Å². The third kappa shape index (κ3) is 4.55. The molecule has 1 saturated heterocycles. The van der Waals surface area contributed by atoms with E-state index in [1.54, 1.807) is 0 Å². The highest BCUT2D eigenvalue weighted by Gasteiger charge is 2.39. The van der Waals surface area contributed by atoms with Crippen molar-refractivity contribution in [2.45, 2.75) is 26.3 Å². The number of carbonyl (C=O) groups excluding carboxylic acids is 2. The van der Waals surface area contributed by atoms with Crippen LogP contribution in [0.2, 0.25) is 0 Å². The van der Waals surface area contributed by atoms with Gasteiger partial charge in [-0.25, -0.2) is 0 Å². The van der Waals surface area contributed by atoms with Gasteiger partial charge in [0.05, 0.1) is 19.6 Å². The number of hydrogen-bond acceptors (Lipinski definition) is 5. The predicted octanol–water partition coefficient (Wildman–Crippen LogP) is 2.42. The monoisotopic (exact) mass is 319 g/mol. The van der Waals surface area contributed by atoms with Crippen LogP contribution in [0.4, 0.5) is 0 Å². The van der Waals surface area contributed by atoms with Gasteiger partial charge in [-0.15, -0.1) is 0 Å². The molecule has 0 saturated carbocycles. The molecule has 0 bridgehead atoms. The maximum absolute atomic E-state index is 12.1. The minimum atomic E-state index is -0.285. The van der Waals surface area contributed by atoms with Crippen LogP contribution >= 0.6 is 0 Å². The molecule has 1 aromatic rings. The van der Waals surface area contributed by atoms with Crippen LogP contribution in [0, 0.1) is 11.8 Å². The molecule has 1 heterocycles. The van der Waals surface area contributed by atoms with Gasteiger partial charge in [-0.3, -0.25) is 14.5 Å². The minimum absolute atomic E-state index is 0.146. The largest absolute Gasteiger partial charge is 0.469 e. The average Bonchev–Trinajstić information content (AvgIpc) is 2.98. The summed E-state index contributed by atoms with van der Waals surface area (Å²) in [4.78, 5) is 25.3. The normalized spacial score (nSPS) is 22.6. The Balaban J connectivity index is 2.03. The van der Waals surface area contributed by atoms with E-state index in [0.717, 1.165) is 6.54 Å². The standard InChI is InChI=1S/C18H25NO4/c1-13(15-7-5-4-6-8-15)19-11-16(9-10-23-14(2)20)17(12-19)18(21)22-3/h4-8,13,16-17H,9-12H2,1-3H3/t13-,16?,17?/m0/s1. The molecule has 5 nitrogen and oxygen atoms in total. The van der Waals surface area contributed by atoms with Crippen molar-refractivity contribution < 1.29 is 19.1 Å². The summed E-state index contributed by atoms with van der Waals surface area (Å²) >= 11 is 0. The number of rotatable bonds is 6. The topological polar surface area (TPSA) is 55.8 Å². The zero-order chi connectivity index (χ0) is 16.8. The Hall–Kier alpha value is -1.88. The van der Waals surface area contributed by atoms with Crippen LogP contribution in [0.25, 0.3) is 0 Å². The third-order valence-electron chi connectivity index (χ3n) is 4.60. The van der Waals surface area contributed by atoms with Crippen LogP contribution in [-0.4, -0.2) is 43.6 Å². The molecule has 5 heteroatoms. The summed E-state index contributed by atoms with van der Waals surface area (Å²) in [5.41, 5.74) is 1.23. The van der Waals surface area contributed by atoms with E-state index in [0.29, 0.717) is 19.6 Å². The van der Waals surface area contributed by atoms with Crippen molar-refractivity contribution in [2.75, 3.05) is 26.8 Å². The Labute approximate surface area is 137 Å². The van der Waals surface area contributed by atoms with E-state index >= 15 is 0 Å². The number of likely N-dealkylation sites (tertiary alicyclic amines) is 1. The molecule has 0 N–H and O–H groups in total. The molecule has 1 aromatic carbocycles. The van der Waals surface area contributed by atoms with Gasteiger partial charge < -0.3 is 9.47 Å². The molecular weight excluding hydrogens is 294 g/mol. The molecule has 0 spiro atoms. The van der Waals surface area contributed by atoms with E-state index in [-0.39, 0.29) is 29.8 Å². The summed E-state index contributed by atoms with van der Waals surface area (Å²) in [7, 11) is 1.43. The molecule has 126 valence electrons. The Bertz CT molecular complexity index is 531. The smallest absolute Gasteiger partial charge is 0.310 e. The highest BCUT2D eigenvalue weighted by atomic mass is 16.5. The third-order valence-corrected chi connectivity index (χ3v) is 4.60. The SMILES string of the molecule is COC(=O)C1CN([C@@H](C)c2ccccc2)CC1CCOC(C)=O. The van der Waals surface area contributed by atoms with Crippen LogP contribution in [0.3, 0.4) is 0 Å². The molecular formula is C18H25NO4. The van der Waals surface area contributed by atoms with Gasteiger partial charge in [-0.2, -0.15) is 0 Å². The van der Waals surface area contributed by atoms with Crippen molar-refractivity contribution in [3.05, 3.63) is 35.9 Å². The van der Waals surface area contributed by atoms with E-state index in [1.807, 2.05) is 18.2 Å². The Morgan fingerprint density at radius 1 is 1.26 bits per heavy atom. The molecule has 0 radical (unpaired) electrons. The Morgan fingerprint density at radius 3 is 2.57 bits per heavy atom. The fraction of sp³-hybridized carbons (Fsp3) is 0.556. The molecule has 3 atom stereocenters. The van der Waals surface area contributed by atoms with Gasteiger partial charge in [-0.1, -0.05) is 30.3 Å². The second-order valence-electron chi connectivity index (χ2n) is 6.06. The lowest BCUT2D eigenvalue weighted by Crippen LogP contribution is -2.27. The molecule has 0 amide bonds. The maximum Gasteiger partial charge on any atom is 0.310 e. The number of ether oxygens (including phenoxy) is 2. The minimum Gasteiger partial charge on any atom is -0.469 e. The van der Waals surface area contributed by atoms with E-state index < -0.39 is 0 Å². The summed E-state index contributed by atoms with van der Waals surface area (Å²) < 4.78 is 9.99. The van der Waals surface area contributed by atoms with Gasteiger partial charge >= 0.3 is 11.9 Å². The van der Waals surface area contributed by atoms with Gasteiger partial charge in [0.15, 0.2) is 0 Å². The predicted molar refractivity (Wildman–Crippen MR) is 86.7 cm³/mol. The summed E-state index contributed by atoms with van der Waals surface area (Å²) in [5, 5.41) is 0. The quantitative estimate of drug-likeness (QED) is 0.754. The zero-order valence-electron chi connectivity index (χ0n) is 14.0. The Kier molecular flexibility index (Phi) is 6.16. The van der Waals surface area contributed by atoms with E-state index in [9.17, 15) is 9.59 Å². The highest BCUT2D eigenvalue weighted by molar-refractivity contribution is 5.73. The molecule has 1 fully saturated rings. The molecule has 2 rings (SSSR count). The number of benzene rings is 1. The second-order valence-corrected chi connectivity index (χ2v) is 6.06. The van der Waals surface area contributed by atoms with Gasteiger partial charge in [0.2, 0.25) is 0 Å². The lowest BCUT2D eigenvalue weighted by molar-refractivity contribution is -0.146. The first-order chi connectivity index (χ1) is 11.0. The van der Waals surface area contributed by atoms with Gasteiger partial charge in [0.25, 0.3) is 0 Å². The average molecular weight is 319 g/mol. The molecule has 2 unspecified atom stereocenters. The number of carbonyl (C=O) groups is 2. The van der Waals surface area contributed by atoms with Crippen molar-refractivity contribution in [3.8, 4) is 0 Å². The van der Waals surface area contributed by atoms with Crippen LogP contribution < -0.4 is 0 Å². The second kappa shape index (κ2) is 8.11. The Morgan fingerprint density at radius 2 is 1.96 bits per heavy atom. The lowest BCUT2D eigenvalue weighted by atomic mass is 9.93. The van der Waals surface area contributed by atoms with Gasteiger partial charge in [0, 0.05) is 26.1 Å². The number of hydrogen-bond donors (Lipinski definition) is 0. The van der Waals surface area contributed by atoms with E-state index in [1.165, 1.54) is 19.6 Å². The first kappa shape index (κ1) is 17.5. The van der Waals surface area contributed by atoms with E-state index in [2.05, 4.69) is 24.0 Å². The van der Waals surface area contributed by atoms with Crippen molar-refractivity contribution >= 4 is 11.9 Å². The van der Waals surface area contributed by atoms with Gasteiger partial charge in [0.1, 0.15) is 0 Å². The van der Waals surface area contributed by atoms with Crippen molar-refractivity contribution in [1.29, 1.82) is 0 Å². The van der Waals surface area contributed by atoms with Gasteiger partial charge in [-0.05, 0) is 24.8 Å². The molecule has 23 heavy (non-hydrogen) atoms. The summed E-state index contributed by atoms with van der Waals surface area (Å²) in [6.45, 7) is 5.37. The van der Waals surface area contributed by atoms with Crippen LogP contribution in [-0.2, 0) is 19.1 Å². The summed E-state index contributed by atoms with van der Waals surface area (Å²) in [6.07, 6.45) is 0.678. The fourth-order valence-corrected chi connectivity index (χ4v) is 3.23. The van der Waals surface area contributed by atoms with Crippen LogP contribution in [0.15, 0.2) is 30.3 Å². The summed E-state index contributed by atoms with van der Waals surface area (Å²) in [6, 6.07) is 10.5. The van der Waals surface area contributed by atoms with Crippen LogP contribution in [0.5, 0.6) is 0 Å². The molecule has 0 aliphatic carbocycles. The number of nitrogens with zero attached hydrogens (tertiary/aromatic N) is 1. The highest BCUT2D eigenvalue weighted by Crippen LogP contribution is 2.33. The first-order valence-electron chi connectivity index (χ1n) is 8.03. The van der Waals surface area contributed by atoms with Crippen molar-refractivity contribution in [1.82, 2.24) is 4.90 Å². The number of esters is 2. The van der Waals surface area contributed by atoms with E-state index in [4.69, 9.17) is 9.47 Å². The fourth-order valence-electron chi connectivity index (χ4n) is 3.23. The maximum atomic E-state index is 12.1. The molecule has 1 aliphatic heterocycles. The lowest BCUT2D eigenvalue weighted by Gasteiger charge is -2.24. The summed E-state index contributed by atoms with van der Waals surface area (Å²) in [5.74, 6) is -0.484. The van der Waals surface area contributed by atoms with Crippen molar-refractivity contribution in [2.24, 2.45) is 11.8 Å². The first-order valence-corrected chi connectivity index (χ1v) is 8.03. The molecule has 1 aliphatic rings. The zero-order valence-corrected chi connectivity index (χ0v) is 14.0.